The number of amides is 1. The van der Waals surface area contributed by atoms with E-state index in [-0.39, 0.29) is 5.91 Å². The van der Waals surface area contributed by atoms with Gasteiger partial charge in [-0.1, -0.05) is 37.3 Å². The highest BCUT2D eigenvalue weighted by Gasteiger charge is 2.22. The quantitative estimate of drug-likeness (QED) is 0.447. The van der Waals surface area contributed by atoms with E-state index in [1.807, 2.05) is 50.1 Å². The van der Waals surface area contributed by atoms with E-state index >= 15 is 0 Å². The number of furan rings is 1. The second-order valence-electron chi connectivity index (χ2n) is 8.56. The predicted molar refractivity (Wildman–Crippen MR) is 126 cm³/mol. The largest absolute Gasteiger partial charge is 0.493 e. The summed E-state index contributed by atoms with van der Waals surface area (Å²) >= 11 is 0. The third kappa shape index (κ3) is 4.25. The van der Waals surface area contributed by atoms with Crippen LogP contribution in [0.15, 0.2) is 53.2 Å². The summed E-state index contributed by atoms with van der Waals surface area (Å²) in [6.07, 6.45) is 5.85. The Morgan fingerprint density at radius 3 is 2.77 bits per heavy atom. The van der Waals surface area contributed by atoms with Crippen molar-refractivity contribution in [2.45, 2.75) is 40.5 Å². The molecule has 0 aliphatic carbocycles. The van der Waals surface area contributed by atoms with Gasteiger partial charge in [-0.3, -0.25) is 4.79 Å². The van der Waals surface area contributed by atoms with E-state index in [2.05, 4.69) is 25.1 Å². The molecular weight excluding hydrogens is 386 g/mol. The van der Waals surface area contributed by atoms with Gasteiger partial charge in [0.05, 0.1) is 12.9 Å². The van der Waals surface area contributed by atoms with Crippen molar-refractivity contribution in [2.24, 2.45) is 5.92 Å². The summed E-state index contributed by atoms with van der Waals surface area (Å²) in [6, 6.07) is 12.3. The van der Waals surface area contributed by atoms with E-state index in [1.165, 1.54) is 6.42 Å². The SMILES string of the molecule is CCOc1c(/C(C)=C/C(=O)N2CCCC(C)C2)cc2c(-c3ccccc3)coc2c1C. The molecule has 0 spiro atoms. The molecule has 3 aromatic rings. The van der Waals surface area contributed by atoms with E-state index in [1.54, 1.807) is 6.08 Å². The number of benzene rings is 2. The second-order valence-corrected chi connectivity index (χ2v) is 8.56. The van der Waals surface area contributed by atoms with Crippen molar-refractivity contribution in [3.05, 3.63) is 59.9 Å². The van der Waals surface area contributed by atoms with Crippen LogP contribution in [0, 0.1) is 12.8 Å². The number of likely N-dealkylation sites (tertiary alicyclic amines) is 1. The van der Waals surface area contributed by atoms with Crippen LogP contribution in [0.3, 0.4) is 0 Å². The fourth-order valence-corrected chi connectivity index (χ4v) is 4.52. The zero-order valence-corrected chi connectivity index (χ0v) is 18.9. The minimum Gasteiger partial charge on any atom is -0.493 e. The van der Waals surface area contributed by atoms with Crippen LogP contribution in [-0.2, 0) is 4.79 Å². The number of allylic oxidation sites excluding steroid dienone is 1. The van der Waals surface area contributed by atoms with E-state index in [0.717, 1.165) is 64.1 Å². The highest BCUT2D eigenvalue weighted by molar-refractivity contribution is 6.01. The average Bonchev–Trinajstić information content (AvgIpc) is 3.20. The van der Waals surface area contributed by atoms with Gasteiger partial charge < -0.3 is 14.1 Å². The fourth-order valence-electron chi connectivity index (χ4n) is 4.52. The number of nitrogens with zero attached hydrogens (tertiary/aromatic N) is 1. The van der Waals surface area contributed by atoms with Crippen molar-refractivity contribution < 1.29 is 13.9 Å². The molecule has 0 radical (unpaired) electrons. The zero-order valence-electron chi connectivity index (χ0n) is 18.9. The van der Waals surface area contributed by atoms with Crippen LogP contribution in [0.1, 0.15) is 44.7 Å². The number of fused-ring (bicyclic) bond motifs is 1. The van der Waals surface area contributed by atoms with Crippen molar-refractivity contribution in [2.75, 3.05) is 19.7 Å². The molecule has 4 nitrogen and oxygen atoms in total. The lowest BCUT2D eigenvalue weighted by atomic mass is 9.96. The third-order valence-electron chi connectivity index (χ3n) is 6.15. The van der Waals surface area contributed by atoms with Gasteiger partial charge in [-0.15, -0.1) is 0 Å². The molecule has 31 heavy (non-hydrogen) atoms. The van der Waals surface area contributed by atoms with Crippen molar-refractivity contribution in [1.29, 1.82) is 0 Å². The monoisotopic (exact) mass is 417 g/mol. The van der Waals surface area contributed by atoms with Crippen molar-refractivity contribution in [3.8, 4) is 16.9 Å². The van der Waals surface area contributed by atoms with Crippen LogP contribution in [0.4, 0.5) is 0 Å². The molecule has 162 valence electrons. The number of rotatable bonds is 5. The van der Waals surface area contributed by atoms with Gasteiger partial charge in [-0.05, 0) is 56.7 Å². The van der Waals surface area contributed by atoms with Gasteiger partial charge in [0.2, 0.25) is 5.91 Å². The molecule has 1 amide bonds. The molecule has 1 fully saturated rings. The number of aryl methyl sites for hydroxylation is 1. The van der Waals surface area contributed by atoms with E-state index < -0.39 is 0 Å². The molecular formula is C27H31NO3. The molecule has 0 bridgehead atoms. The maximum absolute atomic E-state index is 13.0. The minimum atomic E-state index is 0.0831. The topological polar surface area (TPSA) is 42.7 Å². The lowest BCUT2D eigenvalue weighted by Crippen LogP contribution is -2.38. The van der Waals surface area contributed by atoms with Gasteiger partial charge >= 0.3 is 0 Å². The Balaban J connectivity index is 1.79. The smallest absolute Gasteiger partial charge is 0.246 e. The Morgan fingerprint density at radius 2 is 2.06 bits per heavy atom. The van der Waals surface area contributed by atoms with Crippen molar-refractivity contribution in [1.82, 2.24) is 4.90 Å². The fraction of sp³-hybridized carbons (Fsp3) is 0.370. The van der Waals surface area contributed by atoms with Crippen LogP contribution in [0.2, 0.25) is 0 Å². The third-order valence-corrected chi connectivity index (χ3v) is 6.15. The van der Waals surface area contributed by atoms with E-state index in [0.29, 0.717) is 12.5 Å². The molecule has 0 saturated carbocycles. The van der Waals surface area contributed by atoms with Gasteiger partial charge in [-0.25, -0.2) is 0 Å². The first-order valence-electron chi connectivity index (χ1n) is 11.2. The minimum absolute atomic E-state index is 0.0831. The number of carbonyl (C=O) groups is 1. The van der Waals surface area contributed by atoms with Gasteiger partial charge in [0.1, 0.15) is 11.3 Å². The summed E-state index contributed by atoms with van der Waals surface area (Å²) in [5, 5.41) is 1.04. The lowest BCUT2D eigenvalue weighted by molar-refractivity contribution is -0.127. The van der Waals surface area contributed by atoms with E-state index in [4.69, 9.17) is 9.15 Å². The number of piperidine rings is 1. The highest BCUT2D eigenvalue weighted by atomic mass is 16.5. The van der Waals surface area contributed by atoms with E-state index in [9.17, 15) is 4.79 Å². The first-order chi connectivity index (χ1) is 15.0. The number of ether oxygens (including phenoxy) is 1. The number of carbonyl (C=O) groups excluding carboxylic acids is 1. The Labute approximate surface area is 184 Å². The first kappa shape index (κ1) is 21.2. The normalized spacial score (nSPS) is 17.2. The molecule has 1 unspecified atom stereocenters. The molecule has 4 rings (SSSR count). The van der Waals surface area contributed by atoms with Gasteiger partial charge in [0.25, 0.3) is 0 Å². The van der Waals surface area contributed by atoms with Crippen LogP contribution in [0.25, 0.3) is 27.7 Å². The Hall–Kier alpha value is -3.01. The lowest BCUT2D eigenvalue weighted by Gasteiger charge is -2.30. The Bertz CT molecular complexity index is 1110. The number of hydrogen-bond donors (Lipinski definition) is 0. The molecule has 1 aromatic heterocycles. The van der Waals surface area contributed by atoms with Gasteiger partial charge in [-0.2, -0.15) is 0 Å². The van der Waals surface area contributed by atoms with Crippen LogP contribution in [0.5, 0.6) is 5.75 Å². The summed E-state index contributed by atoms with van der Waals surface area (Å²) in [6.45, 7) is 10.4. The van der Waals surface area contributed by atoms with Gasteiger partial charge in [0, 0.05) is 41.2 Å². The molecule has 1 saturated heterocycles. The van der Waals surface area contributed by atoms with Crippen LogP contribution < -0.4 is 4.74 Å². The standard InChI is InChI=1S/C27H31NO3/c1-5-30-26-20(4)27-23(24(17-31-27)21-11-7-6-8-12-21)15-22(26)19(3)14-25(29)28-13-9-10-18(2)16-28/h6-8,11-12,14-15,17-18H,5,9-10,13,16H2,1-4H3/b19-14+. The summed E-state index contributed by atoms with van der Waals surface area (Å²) in [5.74, 6) is 1.43. The Morgan fingerprint density at radius 1 is 1.29 bits per heavy atom. The maximum Gasteiger partial charge on any atom is 0.246 e. The zero-order chi connectivity index (χ0) is 22.0. The summed E-state index contributed by atoms with van der Waals surface area (Å²) in [4.78, 5) is 14.9. The molecule has 0 N–H and O–H groups in total. The first-order valence-corrected chi connectivity index (χ1v) is 11.2. The van der Waals surface area contributed by atoms with Crippen LogP contribution in [-0.4, -0.2) is 30.5 Å². The summed E-state index contributed by atoms with van der Waals surface area (Å²) in [7, 11) is 0. The molecule has 1 aliphatic rings. The maximum atomic E-state index is 13.0. The van der Waals surface area contributed by atoms with Crippen LogP contribution >= 0.6 is 0 Å². The molecule has 2 heterocycles. The second kappa shape index (κ2) is 9.01. The summed E-state index contributed by atoms with van der Waals surface area (Å²) < 4.78 is 12.0. The predicted octanol–water partition coefficient (Wildman–Crippen LogP) is 6.47. The highest BCUT2D eigenvalue weighted by Crippen LogP contribution is 2.40. The number of hydrogen-bond acceptors (Lipinski definition) is 3. The molecule has 1 aliphatic heterocycles. The molecule has 2 aromatic carbocycles. The molecule has 4 heteroatoms. The van der Waals surface area contributed by atoms with Gasteiger partial charge in [0.15, 0.2) is 0 Å². The average molecular weight is 418 g/mol. The molecule has 1 atom stereocenters. The summed E-state index contributed by atoms with van der Waals surface area (Å²) in [5.41, 5.74) is 5.81. The van der Waals surface area contributed by atoms with Crippen molar-refractivity contribution >= 4 is 22.4 Å². The van der Waals surface area contributed by atoms with Crippen molar-refractivity contribution in [3.63, 3.8) is 0 Å². The Kier molecular flexibility index (Phi) is 6.17.